The van der Waals surface area contributed by atoms with Crippen molar-refractivity contribution in [2.24, 2.45) is 0 Å². The number of sulfone groups is 1. The lowest BCUT2D eigenvalue weighted by Crippen LogP contribution is -2.39. The molecule has 2 rings (SSSR count). The van der Waals surface area contributed by atoms with Crippen LogP contribution in [0, 0.1) is 0 Å². The number of hydrogen-bond donors (Lipinski definition) is 1. The minimum atomic E-state index is -2.79. The molecule has 1 N–H and O–H groups in total. The number of pyridine rings is 1. The zero-order valence-electron chi connectivity index (χ0n) is 11.3. The predicted molar refractivity (Wildman–Crippen MR) is 76.9 cm³/mol. The van der Waals surface area contributed by atoms with Crippen LogP contribution in [0.2, 0.25) is 0 Å². The number of hydrogen-bond acceptors (Lipinski definition) is 5. The van der Waals surface area contributed by atoms with Gasteiger partial charge in [-0.05, 0) is 24.1 Å². The van der Waals surface area contributed by atoms with Gasteiger partial charge in [-0.2, -0.15) is 0 Å². The first-order valence-corrected chi connectivity index (χ1v) is 8.53. The van der Waals surface area contributed by atoms with Gasteiger partial charge in [-0.1, -0.05) is 6.92 Å². The number of anilines is 1. The number of nitrogens with one attached hydrogen (secondary N) is 1. The van der Waals surface area contributed by atoms with E-state index in [1.54, 1.807) is 6.20 Å². The molecular weight excluding hydrogens is 262 g/mol. The van der Waals surface area contributed by atoms with Gasteiger partial charge in [-0.25, -0.2) is 13.4 Å². The maximum absolute atomic E-state index is 11.4. The third kappa shape index (κ3) is 4.47. The zero-order valence-corrected chi connectivity index (χ0v) is 12.1. The minimum Gasteiger partial charge on any atom is -0.370 e. The van der Waals surface area contributed by atoms with Crippen LogP contribution in [0.15, 0.2) is 18.3 Å². The first kappa shape index (κ1) is 14.3. The quantitative estimate of drug-likeness (QED) is 0.878. The lowest BCUT2D eigenvalue weighted by Gasteiger charge is -2.26. The summed E-state index contributed by atoms with van der Waals surface area (Å²) in [6.45, 7) is 5.08. The van der Waals surface area contributed by atoms with Crippen molar-refractivity contribution >= 4 is 15.7 Å². The topological polar surface area (TPSA) is 62.3 Å². The van der Waals surface area contributed by atoms with Crippen molar-refractivity contribution in [2.45, 2.75) is 19.9 Å². The standard InChI is InChI=1S/C13H21N3O2S/c1-2-4-14-13-10-12(3-5-15-13)11-16-6-8-19(17,18)9-7-16/h3,5,10H,2,4,6-9,11H2,1H3,(H,14,15). The van der Waals surface area contributed by atoms with Crippen LogP contribution in [-0.2, 0) is 16.4 Å². The highest BCUT2D eigenvalue weighted by Gasteiger charge is 2.21. The first-order valence-electron chi connectivity index (χ1n) is 6.70. The van der Waals surface area contributed by atoms with Crippen molar-refractivity contribution in [2.75, 3.05) is 36.5 Å². The van der Waals surface area contributed by atoms with Gasteiger partial charge >= 0.3 is 0 Å². The van der Waals surface area contributed by atoms with E-state index in [2.05, 4.69) is 22.1 Å². The molecule has 0 atom stereocenters. The summed E-state index contributed by atoms with van der Waals surface area (Å²) in [5, 5.41) is 3.26. The second-order valence-corrected chi connectivity index (χ2v) is 7.21. The Morgan fingerprint density at radius 1 is 1.37 bits per heavy atom. The maximum atomic E-state index is 11.4. The summed E-state index contributed by atoms with van der Waals surface area (Å²) < 4.78 is 22.7. The molecule has 106 valence electrons. The molecule has 1 aromatic heterocycles. The molecular formula is C13H21N3O2S. The molecule has 0 aliphatic carbocycles. The van der Waals surface area contributed by atoms with Gasteiger partial charge in [0, 0.05) is 32.4 Å². The summed E-state index contributed by atoms with van der Waals surface area (Å²) in [6, 6.07) is 4.03. The van der Waals surface area contributed by atoms with Gasteiger partial charge in [0.05, 0.1) is 11.5 Å². The molecule has 0 unspecified atom stereocenters. The minimum absolute atomic E-state index is 0.277. The SMILES string of the molecule is CCCNc1cc(CN2CCS(=O)(=O)CC2)ccn1. The Bertz CT molecular complexity index is 502. The molecule has 0 bridgehead atoms. The van der Waals surface area contributed by atoms with Crippen molar-refractivity contribution in [1.29, 1.82) is 0 Å². The molecule has 5 nitrogen and oxygen atoms in total. The smallest absolute Gasteiger partial charge is 0.152 e. The lowest BCUT2D eigenvalue weighted by molar-refractivity contribution is 0.287. The molecule has 1 saturated heterocycles. The van der Waals surface area contributed by atoms with Crippen molar-refractivity contribution in [3.8, 4) is 0 Å². The lowest BCUT2D eigenvalue weighted by atomic mass is 10.2. The van der Waals surface area contributed by atoms with E-state index in [1.165, 1.54) is 5.56 Å². The molecule has 0 radical (unpaired) electrons. The summed E-state index contributed by atoms with van der Waals surface area (Å²) in [7, 11) is -2.79. The molecule has 0 spiro atoms. The Labute approximate surface area is 114 Å². The average Bonchev–Trinajstić information content (AvgIpc) is 2.39. The molecule has 2 heterocycles. The highest BCUT2D eigenvalue weighted by Crippen LogP contribution is 2.12. The summed E-state index contributed by atoms with van der Waals surface area (Å²) in [5.74, 6) is 1.45. The molecule has 0 aromatic carbocycles. The summed E-state index contributed by atoms with van der Waals surface area (Å²) in [6.07, 6.45) is 2.86. The van der Waals surface area contributed by atoms with E-state index in [-0.39, 0.29) is 11.5 Å². The monoisotopic (exact) mass is 283 g/mol. The number of rotatable bonds is 5. The maximum Gasteiger partial charge on any atom is 0.152 e. The Balaban J connectivity index is 1.92. The van der Waals surface area contributed by atoms with E-state index in [4.69, 9.17) is 0 Å². The Morgan fingerprint density at radius 3 is 2.79 bits per heavy atom. The highest BCUT2D eigenvalue weighted by molar-refractivity contribution is 7.91. The predicted octanol–water partition coefficient (Wildman–Crippen LogP) is 1.13. The third-order valence-electron chi connectivity index (χ3n) is 3.22. The van der Waals surface area contributed by atoms with Crippen LogP contribution < -0.4 is 5.32 Å². The van der Waals surface area contributed by atoms with Crippen LogP contribution in [0.1, 0.15) is 18.9 Å². The van der Waals surface area contributed by atoms with Crippen LogP contribution in [-0.4, -0.2) is 49.4 Å². The molecule has 1 aromatic rings. The fraction of sp³-hybridized carbons (Fsp3) is 0.615. The molecule has 1 fully saturated rings. The van der Waals surface area contributed by atoms with Gasteiger partial charge < -0.3 is 5.32 Å². The number of nitrogens with zero attached hydrogens (tertiary/aromatic N) is 2. The molecule has 1 aliphatic rings. The van der Waals surface area contributed by atoms with E-state index in [1.807, 2.05) is 12.1 Å². The Hall–Kier alpha value is -1.14. The van der Waals surface area contributed by atoms with Crippen LogP contribution >= 0.6 is 0 Å². The summed E-state index contributed by atoms with van der Waals surface area (Å²) in [4.78, 5) is 6.45. The average molecular weight is 283 g/mol. The van der Waals surface area contributed by atoms with Crippen LogP contribution in [0.5, 0.6) is 0 Å². The van der Waals surface area contributed by atoms with Crippen LogP contribution in [0.3, 0.4) is 0 Å². The van der Waals surface area contributed by atoms with Gasteiger partial charge in [0.2, 0.25) is 0 Å². The zero-order chi connectivity index (χ0) is 13.7. The largest absolute Gasteiger partial charge is 0.370 e. The van der Waals surface area contributed by atoms with E-state index in [0.29, 0.717) is 13.1 Å². The third-order valence-corrected chi connectivity index (χ3v) is 4.83. The normalized spacial score (nSPS) is 19.2. The summed E-state index contributed by atoms with van der Waals surface area (Å²) in [5.41, 5.74) is 1.17. The molecule has 19 heavy (non-hydrogen) atoms. The molecule has 0 saturated carbocycles. The fourth-order valence-electron chi connectivity index (χ4n) is 2.09. The fourth-order valence-corrected chi connectivity index (χ4v) is 3.37. The molecule has 1 aliphatic heterocycles. The first-order chi connectivity index (χ1) is 9.09. The Morgan fingerprint density at radius 2 is 2.11 bits per heavy atom. The van der Waals surface area contributed by atoms with E-state index in [0.717, 1.165) is 25.3 Å². The molecule has 0 amide bonds. The van der Waals surface area contributed by atoms with Crippen molar-refractivity contribution in [1.82, 2.24) is 9.88 Å². The van der Waals surface area contributed by atoms with Crippen LogP contribution in [0.25, 0.3) is 0 Å². The second kappa shape index (κ2) is 6.34. The van der Waals surface area contributed by atoms with Crippen molar-refractivity contribution in [3.05, 3.63) is 23.9 Å². The van der Waals surface area contributed by atoms with Crippen molar-refractivity contribution in [3.63, 3.8) is 0 Å². The van der Waals surface area contributed by atoms with Gasteiger partial charge in [-0.15, -0.1) is 0 Å². The number of aromatic nitrogens is 1. The van der Waals surface area contributed by atoms with Gasteiger partial charge in [0.15, 0.2) is 9.84 Å². The van der Waals surface area contributed by atoms with Gasteiger partial charge in [0.1, 0.15) is 5.82 Å². The second-order valence-electron chi connectivity index (χ2n) is 4.90. The van der Waals surface area contributed by atoms with Crippen LogP contribution in [0.4, 0.5) is 5.82 Å². The summed E-state index contributed by atoms with van der Waals surface area (Å²) >= 11 is 0. The molecule has 6 heteroatoms. The highest BCUT2D eigenvalue weighted by atomic mass is 32.2. The van der Waals surface area contributed by atoms with Crippen molar-refractivity contribution < 1.29 is 8.42 Å². The van der Waals surface area contributed by atoms with E-state index < -0.39 is 9.84 Å². The van der Waals surface area contributed by atoms with E-state index >= 15 is 0 Å². The van der Waals surface area contributed by atoms with Gasteiger partial charge in [-0.3, -0.25) is 4.90 Å². The van der Waals surface area contributed by atoms with Gasteiger partial charge in [0.25, 0.3) is 0 Å². The van der Waals surface area contributed by atoms with E-state index in [9.17, 15) is 8.42 Å². The Kier molecular flexibility index (Phi) is 4.76.